The normalized spacial score (nSPS) is 22.8. The molecule has 0 spiro atoms. The zero-order chi connectivity index (χ0) is 18.4. The number of hydrogen-bond acceptors (Lipinski definition) is 6. The standard InChI is InChI=1S/C19H26N4OS2/c1-13-7-6-10-16(14(13)2)21-17(24)12-25-19-23-22-18(26-19)20-11-15-8-4-3-5-9-15/h3-5,8-9,13-14,16H,6-7,10-12H2,1-2H3,(H,20,22)(H,21,24)/t13-,14-,16-/m1/s1. The van der Waals surface area contributed by atoms with Crippen LogP contribution < -0.4 is 10.6 Å². The van der Waals surface area contributed by atoms with Crippen molar-refractivity contribution in [2.45, 2.75) is 50.0 Å². The molecule has 1 aromatic heterocycles. The molecule has 2 aromatic rings. The minimum Gasteiger partial charge on any atom is -0.356 e. The number of nitrogens with one attached hydrogen (secondary N) is 2. The van der Waals surface area contributed by atoms with Crippen molar-refractivity contribution in [3.8, 4) is 0 Å². The van der Waals surface area contributed by atoms with Crippen LogP contribution in [0.5, 0.6) is 0 Å². The number of carbonyl (C=O) groups is 1. The topological polar surface area (TPSA) is 66.9 Å². The van der Waals surface area contributed by atoms with Gasteiger partial charge >= 0.3 is 0 Å². The van der Waals surface area contributed by atoms with E-state index in [1.54, 1.807) is 0 Å². The minimum atomic E-state index is 0.0925. The summed E-state index contributed by atoms with van der Waals surface area (Å²) in [7, 11) is 0. The molecule has 3 atom stereocenters. The summed E-state index contributed by atoms with van der Waals surface area (Å²) < 4.78 is 0.820. The third-order valence-electron chi connectivity index (χ3n) is 5.07. The molecule has 1 amide bonds. The smallest absolute Gasteiger partial charge is 0.230 e. The van der Waals surface area contributed by atoms with Crippen molar-refractivity contribution in [2.24, 2.45) is 11.8 Å². The number of aromatic nitrogens is 2. The van der Waals surface area contributed by atoms with Crippen LogP contribution >= 0.6 is 23.1 Å². The lowest BCUT2D eigenvalue weighted by Gasteiger charge is -2.34. The van der Waals surface area contributed by atoms with Crippen molar-refractivity contribution in [2.75, 3.05) is 11.1 Å². The van der Waals surface area contributed by atoms with Gasteiger partial charge in [0.25, 0.3) is 0 Å². The first-order chi connectivity index (χ1) is 12.6. The molecule has 1 aromatic carbocycles. The molecular weight excluding hydrogens is 364 g/mol. The largest absolute Gasteiger partial charge is 0.356 e. The molecule has 7 heteroatoms. The van der Waals surface area contributed by atoms with Crippen LogP contribution in [0.4, 0.5) is 5.13 Å². The van der Waals surface area contributed by atoms with Crippen LogP contribution in [-0.4, -0.2) is 27.9 Å². The van der Waals surface area contributed by atoms with Crippen molar-refractivity contribution in [1.82, 2.24) is 15.5 Å². The van der Waals surface area contributed by atoms with Gasteiger partial charge in [0, 0.05) is 12.6 Å². The van der Waals surface area contributed by atoms with Gasteiger partial charge in [-0.25, -0.2) is 0 Å². The number of rotatable bonds is 7. The summed E-state index contributed by atoms with van der Waals surface area (Å²) in [5.41, 5.74) is 1.20. The van der Waals surface area contributed by atoms with Crippen molar-refractivity contribution in [3.05, 3.63) is 35.9 Å². The summed E-state index contributed by atoms with van der Waals surface area (Å²) in [4.78, 5) is 12.3. The number of benzene rings is 1. The van der Waals surface area contributed by atoms with Gasteiger partial charge in [0.2, 0.25) is 11.0 Å². The summed E-state index contributed by atoms with van der Waals surface area (Å²) in [6, 6.07) is 10.5. The van der Waals surface area contributed by atoms with Crippen LogP contribution in [0.25, 0.3) is 0 Å². The molecule has 0 radical (unpaired) electrons. The number of nitrogens with zero attached hydrogens (tertiary/aromatic N) is 2. The first kappa shape index (κ1) is 19.2. The average Bonchev–Trinajstić information content (AvgIpc) is 3.11. The Bertz CT molecular complexity index is 707. The highest BCUT2D eigenvalue weighted by Crippen LogP contribution is 2.30. The number of carbonyl (C=O) groups excluding carboxylic acids is 1. The van der Waals surface area contributed by atoms with E-state index in [9.17, 15) is 4.79 Å². The molecule has 0 aliphatic heterocycles. The van der Waals surface area contributed by atoms with Crippen LogP contribution in [0, 0.1) is 11.8 Å². The Morgan fingerprint density at radius 2 is 2.04 bits per heavy atom. The number of amides is 1. The molecule has 2 N–H and O–H groups in total. The van der Waals surface area contributed by atoms with E-state index in [1.807, 2.05) is 18.2 Å². The lowest BCUT2D eigenvalue weighted by atomic mass is 9.78. The fraction of sp³-hybridized carbons (Fsp3) is 0.526. The number of anilines is 1. The molecule has 1 aliphatic carbocycles. The van der Waals surface area contributed by atoms with Gasteiger partial charge in [0.1, 0.15) is 0 Å². The number of hydrogen-bond donors (Lipinski definition) is 2. The van der Waals surface area contributed by atoms with E-state index < -0.39 is 0 Å². The van der Waals surface area contributed by atoms with Crippen molar-refractivity contribution in [3.63, 3.8) is 0 Å². The second-order valence-electron chi connectivity index (χ2n) is 6.94. The first-order valence-corrected chi connectivity index (χ1v) is 11.0. The molecule has 26 heavy (non-hydrogen) atoms. The van der Waals surface area contributed by atoms with E-state index in [1.165, 1.54) is 41.5 Å². The molecule has 0 unspecified atom stereocenters. The summed E-state index contributed by atoms with van der Waals surface area (Å²) in [5.74, 6) is 1.72. The molecule has 140 valence electrons. The van der Waals surface area contributed by atoms with Gasteiger partial charge < -0.3 is 10.6 Å². The van der Waals surface area contributed by atoms with E-state index in [4.69, 9.17) is 0 Å². The zero-order valence-electron chi connectivity index (χ0n) is 15.3. The molecule has 1 saturated carbocycles. The van der Waals surface area contributed by atoms with Gasteiger partial charge in [-0.2, -0.15) is 0 Å². The van der Waals surface area contributed by atoms with E-state index in [-0.39, 0.29) is 5.91 Å². The maximum absolute atomic E-state index is 12.3. The van der Waals surface area contributed by atoms with Gasteiger partial charge in [-0.15, -0.1) is 10.2 Å². The quantitative estimate of drug-likeness (QED) is 0.694. The van der Waals surface area contributed by atoms with Crippen LogP contribution in [0.1, 0.15) is 38.7 Å². The summed E-state index contributed by atoms with van der Waals surface area (Å²) in [6.45, 7) is 5.25. The lowest BCUT2D eigenvalue weighted by Crippen LogP contribution is -2.44. The van der Waals surface area contributed by atoms with Crippen molar-refractivity contribution in [1.29, 1.82) is 0 Å². The fourth-order valence-electron chi connectivity index (χ4n) is 3.27. The highest BCUT2D eigenvalue weighted by Gasteiger charge is 2.28. The molecule has 3 rings (SSSR count). The Kier molecular flexibility index (Phi) is 6.91. The van der Waals surface area contributed by atoms with Gasteiger partial charge in [0.15, 0.2) is 4.34 Å². The van der Waals surface area contributed by atoms with Crippen molar-refractivity contribution >= 4 is 34.1 Å². The molecular formula is C19H26N4OS2. The molecule has 1 fully saturated rings. The van der Waals surface area contributed by atoms with E-state index in [0.717, 1.165) is 22.4 Å². The zero-order valence-corrected chi connectivity index (χ0v) is 16.9. The summed E-state index contributed by atoms with van der Waals surface area (Å²) >= 11 is 2.95. The van der Waals surface area contributed by atoms with Gasteiger partial charge in [-0.1, -0.05) is 80.1 Å². The maximum atomic E-state index is 12.3. The Morgan fingerprint density at radius 1 is 1.23 bits per heavy atom. The highest BCUT2D eigenvalue weighted by molar-refractivity contribution is 8.01. The number of thioether (sulfide) groups is 1. The van der Waals surface area contributed by atoms with E-state index in [0.29, 0.717) is 23.6 Å². The van der Waals surface area contributed by atoms with Gasteiger partial charge in [0.05, 0.1) is 5.75 Å². The lowest BCUT2D eigenvalue weighted by molar-refractivity contribution is -0.119. The Hall–Kier alpha value is -1.60. The fourth-order valence-corrected chi connectivity index (χ4v) is 4.83. The van der Waals surface area contributed by atoms with E-state index in [2.05, 4.69) is 46.8 Å². The predicted molar refractivity (Wildman–Crippen MR) is 109 cm³/mol. The van der Waals surface area contributed by atoms with Crippen molar-refractivity contribution < 1.29 is 4.79 Å². The molecule has 5 nitrogen and oxygen atoms in total. The summed E-state index contributed by atoms with van der Waals surface area (Å²) in [5, 5.41) is 15.6. The summed E-state index contributed by atoms with van der Waals surface area (Å²) in [6.07, 6.45) is 3.57. The third-order valence-corrected chi connectivity index (χ3v) is 7.09. The molecule has 1 aliphatic rings. The Morgan fingerprint density at radius 3 is 2.85 bits per heavy atom. The highest BCUT2D eigenvalue weighted by atomic mass is 32.2. The predicted octanol–water partition coefficient (Wildman–Crippen LogP) is 4.18. The second-order valence-corrected chi connectivity index (χ2v) is 9.14. The van der Waals surface area contributed by atoms with E-state index >= 15 is 0 Å². The van der Waals surface area contributed by atoms with Crippen LogP contribution in [0.15, 0.2) is 34.7 Å². The molecule has 0 bridgehead atoms. The minimum absolute atomic E-state index is 0.0925. The second kappa shape index (κ2) is 9.37. The van der Waals surface area contributed by atoms with Gasteiger partial charge in [-0.05, 0) is 23.8 Å². The monoisotopic (exact) mass is 390 g/mol. The van der Waals surface area contributed by atoms with Crippen LogP contribution in [0.3, 0.4) is 0 Å². The third kappa shape index (κ3) is 5.45. The Balaban J connectivity index is 1.42. The first-order valence-electron chi connectivity index (χ1n) is 9.15. The average molecular weight is 391 g/mol. The van der Waals surface area contributed by atoms with Crippen LogP contribution in [-0.2, 0) is 11.3 Å². The maximum Gasteiger partial charge on any atom is 0.230 e. The Labute approximate surface area is 163 Å². The SMILES string of the molecule is C[C@@H]1[C@H](C)CCC[C@H]1NC(=O)CSc1nnc(NCc2ccccc2)s1. The molecule has 0 saturated heterocycles. The van der Waals surface area contributed by atoms with Gasteiger partial charge in [-0.3, -0.25) is 4.79 Å². The molecule has 1 heterocycles. The van der Waals surface area contributed by atoms with Crippen LogP contribution in [0.2, 0.25) is 0 Å².